The van der Waals surface area contributed by atoms with Gasteiger partial charge in [-0.15, -0.1) is 0 Å². The van der Waals surface area contributed by atoms with E-state index >= 15 is 0 Å². The molecule has 0 spiro atoms. The number of hydrogen-bond donors (Lipinski definition) is 1. The summed E-state index contributed by atoms with van der Waals surface area (Å²) >= 11 is 6.10. The number of rotatable bonds is 7. The number of aryl methyl sites for hydroxylation is 1. The first kappa shape index (κ1) is 24.1. The van der Waals surface area contributed by atoms with Gasteiger partial charge in [0.05, 0.1) is 30.0 Å². The number of benzene rings is 3. The number of hydrogen-bond acceptors (Lipinski definition) is 4. The van der Waals surface area contributed by atoms with Gasteiger partial charge in [0.2, 0.25) is 0 Å². The van der Waals surface area contributed by atoms with E-state index < -0.39 is 17.6 Å². The molecule has 1 aromatic heterocycles. The summed E-state index contributed by atoms with van der Waals surface area (Å²) < 4.78 is 25.9. The first-order valence-electron chi connectivity index (χ1n) is 11.6. The Morgan fingerprint density at radius 2 is 1.83 bits per heavy atom. The molecule has 3 aromatic carbocycles. The van der Waals surface area contributed by atoms with Gasteiger partial charge in [0, 0.05) is 22.4 Å². The molecule has 1 fully saturated rings. The van der Waals surface area contributed by atoms with Gasteiger partial charge in [0.15, 0.2) is 5.79 Å². The maximum absolute atomic E-state index is 13.8. The summed E-state index contributed by atoms with van der Waals surface area (Å²) in [5.74, 6) is -2.61. The average Bonchev–Trinajstić information content (AvgIpc) is 3.36. The van der Waals surface area contributed by atoms with Gasteiger partial charge in [-0.1, -0.05) is 48.0 Å². The molecule has 0 unspecified atom stereocenters. The normalized spacial score (nSPS) is 15.1. The van der Waals surface area contributed by atoms with Crippen molar-refractivity contribution in [2.45, 2.75) is 18.6 Å². The Bertz CT molecular complexity index is 1460. The van der Waals surface area contributed by atoms with Crippen molar-refractivity contribution in [1.29, 1.82) is 0 Å². The van der Waals surface area contributed by atoms with Crippen molar-refractivity contribution in [2.75, 3.05) is 13.2 Å². The zero-order chi connectivity index (χ0) is 25.1. The topological polar surface area (TPSA) is 68.7 Å². The molecule has 0 radical (unpaired) electrons. The monoisotopic (exact) mass is 503 g/mol. The van der Waals surface area contributed by atoms with E-state index in [4.69, 9.17) is 21.1 Å². The van der Waals surface area contributed by atoms with Crippen LogP contribution in [0.1, 0.15) is 39.2 Å². The first-order chi connectivity index (χ1) is 17.4. The summed E-state index contributed by atoms with van der Waals surface area (Å²) in [6.07, 6.45) is 4.51. The van der Waals surface area contributed by atoms with Crippen LogP contribution in [0, 0.1) is 5.82 Å². The lowest BCUT2D eigenvalue weighted by Gasteiger charge is -2.28. The van der Waals surface area contributed by atoms with Gasteiger partial charge < -0.3 is 14.6 Å². The SMILES string of the molecule is O=C(O)c1ccc(F)cc1CCC1(c2cccc(/C=C/c3ccc4ccc(Cl)cc4n3)c2)OCCO1. The number of carboxylic acid groups (broad SMARTS) is 1. The number of halogens is 2. The van der Waals surface area contributed by atoms with E-state index in [1.807, 2.05) is 66.7 Å². The molecule has 182 valence electrons. The molecule has 2 heterocycles. The van der Waals surface area contributed by atoms with E-state index in [2.05, 4.69) is 4.98 Å². The molecule has 0 aliphatic carbocycles. The molecule has 0 amide bonds. The smallest absolute Gasteiger partial charge is 0.335 e. The van der Waals surface area contributed by atoms with Crippen LogP contribution in [-0.4, -0.2) is 29.3 Å². The minimum absolute atomic E-state index is 0.0744. The van der Waals surface area contributed by atoms with Crippen molar-refractivity contribution in [3.05, 3.63) is 112 Å². The third kappa shape index (κ3) is 5.16. The van der Waals surface area contributed by atoms with Crippen LogP contribution in [0.5, 0.6) is 0 Å². The Hall–Kier alpha value is -3.58. The van der Waals surface area contributed by atoms with Gasteiger partial charge in [-0.05, 0) is 66.1 Å². The van der Waals surface area contributed by atoms with Crippen LogP contribution >= 0.6 is 11.6 Å². The third-order valence-electron chi connectivity index (χ3n) is 6.22. The highest BCUT2D eigenvalue weighted by molar-refractivity contribution is 6.31. The predicted molar refractivity (Wildman–Crippen MR) is 137 cm³/mol. The highest BCUT2D eigenvalue weighted by Gasteiger charge is 2.38. The van der Waals surface area contributed by atoms with Crippen molar-refractivity contribution >= 4 is 40.6 Å². The lowest BCUT2D eigenvalue weighted by Crippen LogP contribution is -2.28. The van der Waals surface area contributed by atoms with E-state index in [0.29, 0.717) is 30.2 Å². The van der Waals surface area contributed by atoms with Crippen molar-refractivity contribution in [3.8, 4) is 0 Å². The fourth-order valence-corrected chi connectivity index (χ4v) is 4.61. The highest BCUT2D eigenvalue weighted by atomic mass is 35.5. The van der Waals surface area contributed by atoms with Crippen LogP contribution in [0.3, 0.4) is 0 Å². The minimum atomic E-state index is -1.09. The molecule has 0 bridgehead atoms. The fraction of sp³-hybridized carbons (Fsp3) is 0.172. The Kier molecular flexibility index (Phi) is 6.83. The second-order valence-electron chi connectivity index (χ2n) is 8.59. The Balaban J connectivity index is 1.39. The zero-order valence-electron chi connectivity index (χ0n) is 19.3. The number of aromatic carboxylic acids is 1. The molecule has 0 saturated carbocycles. The Morgan fingerprint density at radius 1 is 1.03 bits per heavy atom. The average molecular weight is 504 g/mol. The third-order valence-corrected chi connectivity index (χ3v) is 6.46. The number of carboxylic acids is 1. The molecular weight excluding hydrogens is 481 g/mol. The lowest BCUT2D eigenvalue weighted by atomic mass is 9.94. The van der Waals surface area contributed by atoms with Gasteiger partial charge in [-0.25, -0.2) is 14.2 Å². The minimum Gasteiger partial charge on any atom is -0.478 e. The summed E-state index contributed by atoms with van der Waals surface area (Å²) in [7, 11) is 0. The fourth-order valence-electron chi connectivity index (χ4n) is 4.45. The maximum Gasteiger partial charge on any atom is 0.335 e. The van der Waals surface area contributed by atoms with Crippen LogP contribution < -0.4 is 0 Å². The highest BCUT2D eigenvalue weighted by Crippen LogP contribution is 2.37. The summed E-state index contributed by atoms with van der Waals surface area (Å²) in [6.45, 7) is 0.831. The van der Waals surface area contributed by atoms with Crippen molar-refractivity contribution in [3.63, 3.8) is 0 Å². The van der Waals surface area contributed by atoms with Crippen LogP contribution in [0.15, 0.2) is 72.8 Å². The molecule has 1 aliphatic rings. The van der Waals surface area contributed by atoms with E-state index in [1.54, 1.807) is 0 Å². The standard InChI is InChI=1S/C29H23ClFNO4/c30-23-7-5-20-6-10-25(32-27(20)18-23)9-4-19-2-1-3-22(16-19)29(35-14-15-36-29)13-12-21-17-24(31)8-11-26(21)28(33)34/h1-11,16-18H,12-15H2,(H,33,34)/b9-4+. The lowest BCUT2D eigenvalue weighted by molar-refractivity contribution is -0.170. The van der Waals surface area contributed by atoms with Crippen molar-refractivity contribution in [2.24, 2.45) is 0 Å². The summed E-state index contributed by atoms with van der Waals surface area (Å²) in [5.41, 5.74) is 3.84. The van der Waals surface area contributed by atoms with E-state index in [1.165, 1.54) is 12.1 Å². The van der Waals surface area contributed by atoms with E-state index in [9.17, 15) is 14.3 Å². The molecule has 5 rings (SSSR count). The number of carbonyl (C=O) groups is 1. The Morgan fingerprint density at radius 3 is 2.64 bits per heavy atom. The molecule has 7 heteroatoms. The van der Waals surface area contributed by atoms with Crippen LogP contribution in [0.25, 0.3) is 23.1 Å². The van der Waals surface area contributed by atoms with Crippen LogP contribution in [-0.2, 0) is 21.7 Å². The largest absolute Gasteiger partial charge is 0.478 e. The van der Waals surface area contributed by atoms with Crippen LogP contribution in [0.4, 0.5) is 4.39 Å². The molecule has 36 heavy (non-hydrogen) atoms. The molecule has 5 nitrogen and oxygen atoms in total. The molecule has 0 atom stereocenters. The molecule has 1 saturated heterocycles. The van der Waals surface area contributed by atoms with Crippen LogP contribution in [0.2, 0.25) is 5.02 Å². The predicted octanol–water partition coefficient (Wildman–Crippen LogP) is 6.73. The van der Waals surface area contributed by atoms with Gasteiger partial charge in [0.1, 0.15) is 5.82 Å². The van der Waals surface area contributed by atoms with E-state index in [-0.39, 0.29) is 12.0 Å². The Labute approximate surface area is 212 Å². The van der Waals surface area contributed by atoms with Gasteiger partial charge >= 0.3 is 5.97 Å². The first-order valence-corrected chi connectivity index (χ1v) is 11.9. The molecule has 1 aliphatic heterocycles. The summed E-state index contributed by atoms with van der Waals surface area (Å²) in [4.78, 5) is 16.3. The molecule has 1 N–H and O–H groups in total. The number of nitrogens with zero attached hydrogens (tertiary/aromatic N) is 1. The van der Waals surface area contributed by atoms with Gasteiger partial charge in [-0.3, -0.25) is 0 Å². The van der Waals surface area contributed by atoms with E-state index in [0.717, 1.165) is 33.8 Å². The molecular formula is C29H23ClFNO4. The van der Waals surface area contributed by atoms with Gasteiger partial charge in [0.25, 0.3) is 0 Å². The second kappa shape index (κ2) is 10.2. The number of ether oxygens (including phenoxy) is 2. The maximum atomic E-state index is 13.8. The molecule has 4 aromatic rings. The zero-order valence-corrected chi connectivity index (χ0v) is 20.0. The quantitative estimate of drug-likeness (QED) is 0.303. The second-order valence-corrected chi connectivity index (χ2v) is 9.02. The summed E-state index contributed by atoms with van der Waals surface area (Å²) in [6, 6.07) is 21.0. The number of aromatic nitrogens is 1. The van der Waals surface area contributed by atoms with Gasteiger partial charge in [-0.2, -0.15) is 0 Å². The number of pyridine rings is 1. The summed E-state index contributed by atoms with van der Waals surface area (Å²) in [5, 5.41) is 11.1. The van der Waals surface area contributed by atoms with Crippen molar-refractivity contribution < 1.29 is 23.8 Å². The number of fused-ring (bicyclic) bond motifs is 1. The van der Waals surface area contributed by atoms with Crippen molar-refractivity contribution in [1.82, 2.24) is 4.98 Å².